The van der Waals surface area contributed by atoms with Crippen LogP contribution in [0.15, 0.2) is 24.4 Å². The molecule has 25 heavy (non-hydrogen) atoms. The summed E-state index contributed by atoms with van der Waals surface area (Å²) in [5, 5.41) is 13.8. The van der Waals surface area contributed by atoms with Crippen molar-refractivity contribution >= 4 is 5.91 Å². The van der Waals surface area contributed by atoms with Crippen molar-refractivity contribution in [1.82, 2.24) is 19.7 Å². The van der Waals surface area contributed by atoms with E-state index in [2.05, 4.69) is 10.1 Å². The first-order valence-electron chi connectivity index (χ1n) is 8.69. The third kappa shape index (κ3) is 3.99. The SMILES string of the molecule is Cn1nc(C(=O)N(CCO)CCOc2ccccn2)c2c1CCCC2. The summed E-state index contributed by atoms with van der Waals surface area (Å²) in [6.45, 7) is 0.860. The molecule has 0 atom stereocenters. The minimum atomic E-state index is -0.141. The minimum absolute atomic E-state index is 0.0929. The van der Waals surface area contributed by atoms with Gasteiger partial charge in [-0.1, -0.05) is 6.07 Å². The van der Waals surface area contributed by atoms with Crippen LogP contribution in [0.2, 0.25) is 0 Å². The number of aliphatic hydroxyl groups is 1. The Bertz CT molecular complexity index is 715. The van der Waals surface area contributed by atoms with Gasteiger partial charge in [0.1, 0.15) is 6.61 Å². The molecule has 0 aliphatic heterocycles. The van der Waals surface area contributed by atoms with Gasteiger partial charge in [-0.3, -0.25) is 9.48 Å². The average molecular weight is 344 g/mol. The van der Waals surface area contributed by atoms with E-state index in [1.807, 2.05) is 23.9 Å². The lowest BCUT2D eigenvalue weighted by Gasteiger charge is -2.21. The fraction of sp³-hybridized carbons (Fsp3) is 0.500. The molecule has 7 heteroatoms. The molecule has 7 nitrogen and oxygen atoms in total. The highest BCUT2D eigenvalue weighted by atomic mass is 16.5. The van der Waals surface area contributed by atoms with Gasteiger partial charge in [0, 0.05) is 37.1 Å². The van der Waals surface area contributed by atoms with Crippen LogP contribution in [0.5, 0.6) is 5.88 Å². The zero-order valence-corrected chi connectivity index (χ0v) is 14.5. The Morgan fingerprint density at radius 1 is 1.32 bits per heavy atom. The molecule has 1 N–H and O–H groups in total. The van der Waals surface area contributed by atoms with Gasteiger partial charge in [0.05, 0.1) is 13.2 Å². The number of nitrogens with zero attached hydrogens (tertiary/aromatic N) is 4. The smallest absolute Gasteiger partial charge is 0.274 e. The molecule has 0 saturated carbocycles. The first-order valence-corrected chi connectivity index (χ1v) is 8.69. The van der Waals surface area contributed by atoms with Gasteiger partial charge in [-0.25, -0.2) is 4.98 Å². The largest absolute Gasteiger partial charge is 0.476 e. The Hall–Kier alpha value is -2.41. The second kappa shape index (κ2) is 8.11. The second-order valence-electron chi connectivity index (χ2n) is 6.14. The molecule has 2 aromatic heterocycles. The number of aliphatic hydroxyl groups excluding tert-OH is 1. The third-order valence-electron chi connectivity index (χ3n) is 4.47. The van der Waals surface area contributed by atoms with E-state index in [0.717, 1.165) is 36.9 Å². The molecule has 0 fully saturated rings. The monoisotopic (exact) mass is 344 g/mol. The van der Waals surface area contributed by atoms with Crippen LogP contribution in [0.1, 0.15) is 34.6 Å². The maximum Gasteiger partial charge on any atom is 0.274 e. The van der Waals surface area contributed by atoms with Gasteiger partial charge in [0.15, 0.2) is 5.69 Å². The van der Waals surface area contributed by atoms with E-state index in [-0.39, 0.29) is 19.1 Å². The summed E-state index contributed by atoms with van der Waals surface area (Å²) in [4.78, 5) is 18.6. The fourth-order valence-electron chi connectivity index (χ4n) is 3.22. The molecule has 0 unspecified atom stereocenters. The number of amides is 1. The summed E-state index contributed by atoms with van der Waals surface area (Å²) in [7, 11) is 1.89. The topological polar surface area (TPSA) is 80.5 Å². The number of aromatic nitrogens is 3. The lowest BCUT2D eigenvalue weighted by molar-refractivity contribution is 0.0684. The first kappa shape index (κ1) is 17.4. The molecule has 0 bridgehead atoms. The van der Waals surface area contributed by atoms with Crippen molar-refractivity contribution in [3.8, 4) is 5.88 Å². The van der Waals surface area contributed by atoms with E-state index in [9.17, 15) is 9.90 Å². The maximum atomic E-state index is 12.9. The molecule has 0 saturated heterocycles. The number of aryl methyl sites for hydroxylation is 1. The van der Waals surface area contributed by atoms with Crippen LogP contribution >= 0.6 is 0 Å². The number of hydrogen-bond acceptors (Lipinski definition) is 5. The van der Waals surface area contributed by atoms with E-state index in [0.29, 0.717) is 24.7 Å². The maximum absolute atomic E-state index is 12.9. The van der Waals surface area contributed by atoms with E-state index in [1.54, 1.807) is 17.2 Å². The van der Waals surface area contributed by atoms with E-state index in [1.165, 1.54) is 0 Å². The number of carbonyl (C=O) groups is 1. The van der Waals surface area contributed by atoms with Gasteiger partial charge >= 0.3 is 0 Å². The summed E-state index contributed by atoms with van der Waals surface area (Å²) in [6, 6.07) is 5.44. The van der Waals surface area contributed by atoms with Crippen molar-refractivity contribution in [2.24, 2.45) is 7.05 Å². The summed E-state index contributed by atoms with van der Waals surface area (Å²) >= 11 is 0. The van der Waals surface area contributed by atoms with Crippen molar-refractivity contribution in [3.63, 3.8) is 0 Å². The minimum Gasteiger partial charge on any atom is -0.476 e. The predicted octanol–water partition coefficient (Wildman–Crippen LogP) is 1.21. The van der Waals surface area contributed by atoms with Crippen LogP contribution < -0.4 is 4.74 Å². The van der Waals surface area contributed by atoms with Crippen LogP contribution in [0, 0.1) is 0 Å². The van der Waals surface area contributed by atoms with Crippen LogP contribution in [0.4, 0.5) is 0 Å². The van der Waals surface area contributed by atoms with Gasteiger partial charge in [-0.15, -0.1) is 0 Å². The van der Waals surface area contributed by atoms with Crippen molar-refractivity contribution in [1.29, 1.82) is 0 Å². The normalized spacial score (nSPS) is 13.4. The number of pyridine rings is 1. The number of fused-ring (bicyclic) bond motifs is 1. The molecular formula is C18H24N4O3. The highest BCUT2D eigenvalue weighted by Gasteiger charge is 2.26. The lowest BCUT2D eigenvalue weighted by atomic mass is 9.95. The summed E-state index contributed by atoms with van der Waals surface area (Å²) in [6.07, 6.45) is 5.74. The summed E-state index contributed by atoms with van der Waals surface area (Å²) in [5.41, 5.74) is 2.74. The van der Waals surface area contributed by atoms with Crippen molar-refractivity contribution < 1.29 is 14.6 Å². The molecule has 1 amide bonds. The first-order chi connectivity index (χ1) is 12.2. The third-order valence-corrected chi connectivity index (χ3v) is 4.47. The number of hydrogen-bond donors (Lipinski definition) is 1. The van der Waals surface area contributed by atoms with Crippen molar-refractivity contribution in [2.75, 3.05) is 26.3 Å². The summed E-state index contributed by atoms with van der Waals surface area (Å²) in [5.74, 6) is 0.381. The van der Waals surface area contributed by atoms with Crippen LogP contribution in [-0.4, -0.2) is 57.0 Å². The van der Waals surface area contributed by atoms with Crippen molar-refractivity contribution in [2.45, 2.75) is 25.7 Å². The molecule has 1 aliphatic rings. The highest BCUT2D eigenvalue weighted by Crippen LogP contribution is 2.24. The molecule has 2 heterocycles. The van der Waals surface area contributed by atoms with Crippen LogP contribution in [-0.2, 0) is 19.9 Å². The highest BCUT2D eigenvalue weighted by molar-refractivity contribution is 5.94. The molecule has 2 aromatic rings. The number of rotatable bonds is 7. The standard InChI is InChI=1S/C18H24N4O3/c1-21-15-7-3-2-6-14(15)17(20-21)18(24)22(10-12-23)11-13-25-16-8-4-5-9-19-16/h4-5,8-9,23H,2-3,6-7,10-13H2,1H3. The number of carbonyl (C=O) groups excluding carboxylic acids is 1. The van der Waals surface area contributed by atoms with Crippen LogP contribution in [0.3, 0.4) is 0 Å². The Morgan fingerprint density at radius 3 is 2.92 bits per heavy atom. The van der Waals surface area contributed by atoms with Gasteiger partial charge in [-0.05, 0) is 31.7 Å². The molecule has 0 radical (unpaired) electrons. The Balaban J connectivity index is 1.68. The summed E-state index contributed by atoms with van der Waals surface area (Å²) < 4.78 is 7.40. The molecule has 3 rings (SSSR count). The lowest BCUT2D eigenvalue weighted by Crippen LogP contribution is -2.37. The van der Waals surface area contributed by atoms with Gasteiger partial charge in [0.2, 0.25) is 5.88 Å². The molecule has 0 aromatic carbocycles. The molecule has 0 spiro atoms. The van der Waals surface area contributed by atoms with Gasteiger partial charge < -0.3 is 14.7 Å². The second-order valence-corrected chi connectivity index (χ2v) is 6.14. The molecule has 1 aliphatic carbocycles. The zero-order chi connectivity index (χ0) is 17.6. The quantitative estimate of drug-likeness (QED) is 0.816. The molecular weight excluding hydrogens is 320 g/mol. The van der Waals surface area contributed by atoms with E-state index >= 15 is 0 Å². The zero-order valence-electron chi connectivity index (χ0n) is 14.5. The van der Waals surface area contributed by atoms with E-state index < -0.39 is 0 Å². The van der Waals surface area contributed by atoms with Crippen molar-refractivity contribution in [3.05, 3.63) is 41.3 Å². The van der Waals surface area contributed by atoms with Gasteiger partial charge in [0.25, 0.3) is 5.91 Å². The van der Waals surface area contributed by atoms with Crippen LogP contribution in [0.25, 0.3) is 0 Å². The van der Waals surface area contributed by atoms with E-state index in [4.69, 9.17) is 4.74 Å². The Labute approximate surface area is 147 Å². The average Bonchev–Trinajstić information content (AvgIpc) is 2.98. The van der Waals surface area contributed by atoms with Gasteiger partial charge in [-0.2, -0.15) is 5.10 Å². The Morgan fingerprint density at radius 2 is 2.16 bits per heavy atom. The fourth-order valence-corrected chi connectivity index (χ4v) is 3.22. The number of ether oxygens (including phenoxy) is 1. The predicted molar refractivity (Wildman–Crippen MR) is 92.6 cm³/mol. The Kier molecular flexibility index (Phi) is 5.65. The molecule has 134 valence electrons.